The minimum absolute atomic E-state index is 0.139. The lowest BCUT2D eigenvalue weighted by molar-refractivity contribution is 0.0907. The highest BCUT2D eigenvalue weighted by molar-refractivity contribution is 9.10. The number of hydrogen-bond donors (Lipinski definition) is 1. The molecule has 1 aliphatic rings. The second kappa shape index (κ2) is 8.61. The standard InChI is InChI=1S/C22H20BrNO5/c1-26-17-5-2-14(3-6-17)10-16(24-22(25)19-8-9-21(23)29-19)11-15-4-7-18-20(12-15)28-13-27-18/h2-9,12,16H,10-11,13H2,1H3,(H,24,25)/t16-/m0/s1. The lowest BCUT2D eigenvalue weighted by Gasteiger charge is -2.19. The van der Waals surface area contributed by atoms with Crippen molar-refractivity contribution in [2.45, 2.75) is 18.9 Å². The third-order valence-corrected chi connectivity index (χ3v) is 5.12. The van der Waals surface area contributed by atoms with E-state index >= 15 is 0 Å². The van der Waals surface area contributed by atoms with Crippen LogP contribution in [-0.4, -0.2) is 25.9 Å². The molecule has 0 saturated carbocycles. The third-order valence-electron chi connectivity index (χ3n) is 4.69. The number of rotatable bonds is 7. The second-order valence-corrected chi connectivity index (χ2v) is 7.50. The van der Waals surface area contributed by atoms with Gasteiger partial charge in [-0.2, -0.15) is 0 Å². The number of halogens is 1. The molecule has 0 aliphatic carbocycles. The monoisotopic (exact) mass is 457 g/mol. The first-order valence-corrected chi connectivity index (χ1v) is 9.97. The molecule has 1 N–H and O–H groups in total. The number of amides is 1. The molecule has 1 amide bonds. The zero-order valence-electron chi connectivity index (χ0n) is 15.8. The molecule has 1 aliphatic heterocycles. The molecule has 0 saturated heterocycles. The molecular weight excluding hydrogens is 438 g/mol. The van der Waals surface area contributed by atoms with Gasteiger partial charge in [-0.15, -0.1) is 0 Å². The molecule has 1 atom stereocenters. The maximum Gasteiger partial charge on any atom is 0.287 e. The van der Waals surface area contributed by atoms with Gasteiger partial charge in [0, 0.05) is 6.04 Å². The van der Waals surface area contributed by atoms with Crippen molar-refractivity contribution >= 4 is 21.8 Å². The van der Waals surface area contributed by atoms with E-state index in [0.717, 1.165) is 28.4 Å². The number of benzene rings is 2. The molecule has 3 aromatic rings. The fraction of sp³-hybridized carbons (Fsp3) is 0.227. The van der Waals surface area contributed by atoms with Crippen LogP contribution in [0.4, 0.5) is 0 Å². The number of furan rings is 1. The number of fused-ring (bicyclic) bond motifs is 1. The van der Waals surface area contributed by atoms with Crippen molar-refractivity contribution in [2.75, 3.05) is 13.9 Å². The summed E-state index contributed by atoms with van der Waals surface area (Å²) in [5.41, 5.74) is 2.14. The van der Waals surface area contributed by atoms with Gasteiger partial charge < -0.3 is 23.9 Å². The lowest BCUT2D eigenvalue weighted by Crippen LogP contribution is -2.38. The molecule has 7 heteroatoms. The molecule has 29 heavy (non-hydrogen) atoms. The Morgan fingerprint density at radius 1 is 1.03 bits per heavy atom. The van der Waals surface area contributed by atoms with Crippen LogP contribution in [0.25, 0.3) is 0 Å². The Morgan fingerprint density at radius 2 is 1.76 bits per heavy atom. The Hall–Kier alpha value is -2.93. The number of carbonyl (C=O) groups is 1. The van der Waals surface area contributed by atoms with Crippen LogP contribution in [0.5, 0.6) is 17.2 Å². The summed E-state index contributed by atoms with van der Waals surface area (Å²) in [6.07, 6.45) is 1.29. The van der Waals surface area contributed by atoms with Crippen molar-refractivity contribution in [1.82, 2.24) is 5.32 Å². The van der Waals surface area contributed by atoms with Gasteiger partial charge >= 0.3 is 0 Å². The zero-order chi connectivity index (χ0) is 20.2. The maximum atomic E-state index is 12.6. The molecule has 0 spiro atoms. The van der Waals surface area contributed by atoms with Gasteiger partial charge in [0.25, 0.3) is 5.91 Å². The molecule has 0 unspecified atom stereocenters. The Bertz CT molecular complexity index is 999. The van der Waals surface area contributed by atoms with Crippen LogP contribution in [0.3, 0.4) is 0 Å². The van der Waals surface area contributed by atoms with Crippen LogP contribution < -0.4 is 19.5 Å². The van der Waals surface area contributed by atoms with Gasteiger partial charge in [0.1, 0.15) is 5.75 Å². The predicted molar refractivity (Wildman–Crippen MR) is 111 cm³/mol. The molecule has 2 heterocycles. The van der Waals surface area contributed by atoms with Crippen LogP contribution in [0.1, 0.15) is 21.7 Å². The summed E-state index contributed by atoms with van der Waals surface area (Å²) in [5, 5.41) is 3.08. The van der Waals surface area contributed by atoms with Crippen LogP contribution in [0, 0.1) is 0 Å². The van der Waals surface area contributed by atoms with Gasteiger partial charge in [0.05, 0.1) is 7.11 Å². The van der Waals surface area contributed by atoms with E-state index in [1.807, 2.05) is 42.5 Å². The number of methoxy groups -OCH3 is 1. The second-order valence-electron chi connectivity index (χ2n) is 6.72. The predicted octanol–water partition coefficient (Wildman–Crippen LogP) is 4.36. The van der Waals surface area contributed by atoms with Crippen molar-refractivity contribution in [3.63, 3.8) is 0 Å². The quantitative estimate of drug-likeness (QED) is 0.570. The smallest absolute Gasteiger partial charge is 0.287 e. The molecular formula is C22H20BrNO5. The highest BCUT2D eigenvalue weighted by atomic mass is 79.9. The maximum absolute atomic E-state index is 12.6. The summed E-state index contributed by atoms with van der Waals surface area (Å²) >= 11 is 3.23. The molecule has 2 aromatic carbocycles. The van der Waals surface area contributed by atoms with Crippen molar-refractivity contribution in [2.24, 2.45) is 0 Å². The van der Waals surface area contributed by atoms with Gasteiger partial charge in [0.2, 0.25) is 6.79 Å². The summed E-state index contributed by atoms with van der Waals surface area (Å²) in [6, 6.07) is 16.9. The minimum Gasteiger partial charge on any atom is -0.497 e. The molecule has 0 radical (unpaired) electrons. The third kappa shape index (κ3) is 4.74. The largest absolute Gasteiger partial charge is 0.497 e. The first-order chi connectivity index (χ1) is 14.1. The van der Waals surface area contributed by atoms with Crippen molar-refractivity contribution in [1.29, 1.82) is 0 Å². The SMILES string of the molecule is COc1ccc(C[C@@H](Cc2ccc3c(c2)OCO3)NC(=O)c2ccc(Br)o2)cc1. The summed E-state index contributed by atoms with van der Waals surface area (Å²) in [6.45, 7) is 0.234. The lowest BCUT2D eigenvalue weighted by atomic mass is 9.98. The van der Waals surface area contributed by atoms with Gasteiger partial charge in [-0.3, -0.25) is 4.79 Å². The Labute approximate surface area is 176 Å². The molecule has 0 bridgehead atoms. The minimum atomic E-state index is -0.255. The molecule has 150 valence electrons. The Kier molecular flexibility index (Phi) is 5.76. The van der Waals surface area contributed by atoms with Crippen molar-refractivity contribution < 1.29 is 23.4 Å². The van der Waals surface area contributed by atoms with Crippen LogP contribution in [0.15, 0.2) is 63.7 Å². The van der Waals surface area contributed by atoms with E-state index in [1.54, 1.807) is 19.2 Å². The van der Waals surface area contributed by atoms with E-state index in [0.29, 0.717) is 17.5 Å². The topological polar surface area (TPSA) is 69.9 Å². The van der Waals surface area contributed by atoms with E-state index in [-0.39, 0.29) is 24.5 Å². The fourth-order valence-corrected chi connectivity index (χ4v) is 3.57. The van der Waals surface area contributed by atoms with Crippen LogP contribution in [-0.2, 0) is 12.8 Å². The van der Waals surface area contributed by atoms with Gasteiger partial charge in [-0.1, -0.05) is 18.2 Å². The van der Waals surface area contributed by atoms with E-state index in [1.165, 1.54) is 0 Å². The Balaban J connectivity index is 1.52. The van der Waals surface area contributed by atoms with E-state index in [2.05, 4.69) is 21.2 Å². The first kappa shape index (κ1) is 19.4. The number of hydrogen-bond acceptors (Lipinski definition) is 5. The number of ether oxygens (including phenoxy) is 3. The van der Waals surface area contributed by atoms with E-state index in [4.69, 9.17) is 18.6 Å². The average Bonchev–Trinajstić information content (AvgIpc) is 3.37. The fourth-order valence-electron chi connectivity index (χ4n) is 3.27. The highest BCUT2D eigenvalue weighted by Crippen LogP contribution is 2.33. The van der Waals surface area contributed by atoms with Crippen LogP contribution >= 0.6 is 15.9 Å². The summed E-state index contributed by atoms with van der Waals surface area (Å²) in [7, 11) is 1.64. The van der Waals surface area contributed by atoms with Gasteiger partial charge in [-0.05, 0) is 76.3 Å². The van der Waals surface area contributed by atoms with Gasteiger partial charge in [-0.25, -0.2) is 0 Å². The number of carbonyl (C=O) groups excluding carboxylic acids is 1. The number of nitrogens with one attached hydrogen (secondary N) is 1. The molecule has 4 rings (SSSR count). The van der Waals surface area contributed by atoms with Gasteiger partial charge in [0.15, 0.2) is 21.9 Å². The van der Waals surface area contributed by atoms with Crippen molar-refractivity contribution in [3.05, 3.63) is 76.2 Å². The molecule has 6 nitrogen and oxygen atoms in total. The summed E-state index contributed by atoms with van der Waals surface area (Å²) in [5.74, 6) is 2.28. The normalized spacial score (nSPS) is 13.2. The highest BCUT2D eigenvalue weighted by Gasteiger charge is 2.20. The van der Waals surface area contributed by atoms with E-state index in [9.17, 15) is 4.79 Å². The van der Waals surface area contributed by atoms with E-state index < -0.39 is 0 Å². The molecule has 0 fully saturated rings. The summed E-state index contributed by atoms with van der Waals surface area (Å²) in [4.78, 5) is 12.6. The first-order valence-electron chi connectivity index (χ1n) is 9.18. The summed E-state index contributed by atoms with van der Waals surface area (Å²) < 4.78 is 22.0. The zero-order valence-corrected chi connectivity index (χ0v) is 17.4. The average molecular weight is 458 g/mol. The Morgan fingerprint density at radius 3 is 2.48 bits per heavy atom. The van der Waals surface area contributed by atoms with Crippen LogP contribution in [0.2, 0.25) is 0 Å². The van der Waals surface area contributed by atoms with Crippen molar-refractivity contribution in [3.8, 4) is 17.2 Å². The molecule has 1 aromatic heterocycles.